The van der Waals surface area contributed by atoms with E-state index in [4.69, 9.17) is 0 Å². The van der Waals surface area contributed by atoms with Gasteiger partial charge in [0, 0.05) is 38.8 Å². The number of rotatable bonds is 4. The molecule has 4 heteroatoms. The number of nitrogens with zero attached hydrogens (tertiary/aromatic N) is 2. The first kappa shape index (κ1) is 11.5. The zero-order chi connectivity index (χ0) is 11.3. The van der Waals surface area contributed by atoms with Crippen molar-refractivity contribution in [3.05, 3.63) is 23.9 Å². The molecule has 4 nitrogen and oxygen atoms in total. The molecule has 82 valence electrons. The molecule has 0 unspecified atom stereocenters. The Bertz CT molecular complexity index is 336. The molecule has 1 rings (SSSR count). The third-order valence-corrected chi connectivity index (χ3v) is 2.09. The van der Waals surface area contributed by atoms with Crippen LogP contribution in [-0.4, -0.2) is 25.0 Å². The molecule has 0 bridgehead atoms. The first-order valence-corrected chi connectivity index (χ1v) is 5.03. The molecule has 0 saturated carbocycles. The van der Waals surface area contributed by atoms with Crippen LogP contribution >= 0.6 is 0 Å². The Balaban J connectivity index is 2.71. The molecule has 0 aliphatic heterocycles. The van der Waals surface area contributed by atoms with Gasteiger partial charge in [0.05, 0.1) is 0 Å². The predicted octanol–water partition coefficient (Wildman–Crippen LogP) is 1.17. The highest BCUT2D eigenvalue weighted by molar-refractivity contribution is 5.75. The zero-order valence-corrected chi connectivity index (χ0v) is 9.45. The minimum Gasteiger partial charge on any atom is -0.362 e. The van der Waals surface area contributed by atoms with Crippen LogP contribution in [0.3, 0.4) is 0 Å². The van der Waals surface area contributed by atoms with Crippen molar-refractivity contribution in [3.63, 3.8) is 0 Å². The lowest BCUT2D eigenvalue weighted by Gasteiger charge is -2.15. The number of anilines is 1. The van der Waals surface area contributed by atoms with Gasteiger partial charge in [-0.3, -0.25) is 4.79 Å². The molecule has 0 fully saturated rings. The van der Waals surface area contributed by atoms with Gasteiger partial charge in [-0.2, -0.15) is 0 Å². The number of nitrogens with one attached hydrogen (secondary N) is 1. The highest BCUT2D eigenvalue weighted by Gasteiger charge is 2.05. The van der Waals surface area contributed by atoms with E-state index in [1.54, 1.807) is 6.20 Å². The van der Waals surface area contributed by atoms with Crippen LogP contribution in [0.25, 0.3) is 0 Å². The maximum Gasteiger partial charge on any atom is 0.219 e. The molecule has 1 aromatic heterocycles. The maximum atomic E-state index is 11.1. The fourth-order valence-corrected chi connectivity index (χ4v) is 1.29. The van der Waals surface area contributed by atoms with E-state index in [2.05, 4.69) is 10.3 Å². The number of carbonyl (C=O) groups is 1. The van der Waals surface area contributed by atoms with Gasteiger partial charge in [0.25, 0.3) is 0 Å². The monoisotopic (exact) mass is 207 g/mol. The lowest BCUT2D eigenvalue weighted by Crippen LogP contribution is -2.23. The number of carbonyl (C=O) groups excluding carboxylic acids is 1. The van der Waals surface area contributed by atoms with E-state index in [0.29, 0.717) is 13.0 Å². The van der Waals surface area contributed by atoms with E-state index < -0.39 is 0 Å². The van der Waals surface area contributed by atoms with Crippen molar-refractivity contribution < 1.29 is 4.79 Å². The summed E-state index contributed by atoms with van der Waals surface area (Å²) in [5, 5.41) is 2.84. The molecular formula is C11H17N3O. The molecule has 15 heavy (non-hydrogen) atoms. The summed E-state index contributed by atoms with van der Waals surface area (Å²) < 4.78 is 0. The average molecular weight is 207 g/mol. The lowest BCUT2D eigenvalue weighted by molar-refractivity contribution is -0.120. The Morgan fingerprint density at radius 2 is 2.27 bits per heavy atom. The number of amides is 1. The summed E-state index contributed by atoms with van der Waals surface area (Å²) in [5.41, 5.74) is 1.03. The van der Waals surface area contributed by atoms with Gasteiger partial charge in [-0.25, -0.2) is 4.98 Å². The quantitative estimate of drug-likeness (QED) is 0.806. The standard InChI is InChI=1S/C11H17N3O/c1-4-10(15)13-8-9-6-5-7-12-11(9)14(2)3/h5-7H,4,8H2,1-3H3,(H,13,15). The van der Waals surface area contributed by atoms with Crippen molar-refractivity contribution in [1.82, 2.24) is 10.3 Å². The highest BCUT2D eigenvalue weighted by Crippen LogP contribution is 2.13. The molecular weight excluding hydrogens is 190 g/mol. The van der Waals surface area contributed by atoms with Crippen molar-refractivity contribution in [1.29, 1.82) is 0 Å². The van der Waals surface area contributed by atoms with Gasteiger partial charge in [-0.1, -0.05) is 13.0 Å². The molecule has 0 radical (unpaired) electrons. The Morgan fingerprint density at radius 3 is 2.87 bits per heavy atom. The van der Waals surface area contributed by atoms with Gasteiger partial charge in [0.2, 0.25) is 5.91 Å². The third kappa shape index (κ3) is 3.23. The van der Waals surface area contributed by atoms with Crippen LogP contribution in [0.4, 0.5) is 5.82 Å². The first-order valence-electron chi connectivity index (χ1n) is 5.03. The third-order valence-electron chi connectivity index (χ3n) is 2.09. The molecule has 1 aromatic rings. The second kappa shape index (κ2) is 5.34. The van der Waals surface area contributed by atoms with Crippen LogP contribution in [0.1, 0.15) is 18.9 Å². The molecule has 0 aromatic carbocycles. The van der Waals surface area contributed by atoms with Gasteiger partial charge in [0.15, 0.2) is 0 Å². The van der Waals surface area contributed by atoms with Crippen LogP contribution in [-0.2, 0) is 11.3 Å². The Morgan fingerprint density at radius 1 is 1.53 bits per heavy atom. The number of aromatic nitrogens is 1. The van der Waals surface area contributed by atoms with E-state index in [1.807, 2.05) is 38.1 Å². The van der Waals surface area contributed by atoms with Gasteiger partial charge in [0.1, 0.15) is 5.82 Å². The smallest absolute Gasteiger partial charge is 0.219 e. The van der Waals surface area contributed by atoms with Gasteiger partial charge >= 0.3 is 0 Å². The summed E-state index contributed by atoms with van der Waals surface area (Å²) in [6, 6.07) is 3.85. The highest BCUT2D eigenvalue weighted by atomic mass is 16.1. The minimum absolute atomic E-state index is 0.0589. The Hall–Kier alpha value is -1.58. The molecule has 1 N–H and O–H groups in total. The summed E-state index contributed by atoms with van der Waals surface area (Å²) >= 11 is 0. The molecule has 0 aliphatic carbocycles. The van der Waals surface area contributed by atoms with E-state index in [1.165, 1.54) is 0 Å². The van der Waals surface area contributed by atoms with E-state index >= 15 is 0 Å². The summed E-state index contributed by atoms with van der Waals surface area (Å²) in [6.45, 7) is 2.37. The molecule has 0 aliphatic rings. The zero-order valence-electron chi connectivity index (χ0n) is 9.45. The van der Waals surface area contributed by atoms with Crippen molar-refractivity contribution in [2.45, 2.75) is 19.9 Å². The lowest BCUT2D eigenvalue weighted by atomic mass is 10.2. The largest absolute Gasteiger partial charge is 0.362 e. The van der Waals surface area contributed by atoms with Crippen molar-refractivity contribution in [2.24, 2.45) is 0 Å². The summed E-state index contributed by atoms with van der Waals surface area (Å²) in [6.07, 6.45) is 2.26. The summed E-state index contributed by atoms with van der Waals surface area (Å²) in [5.74, 6) is 0.956. The van der Waals surface area contributed by atoms with Crippen LogP contribution in [0.2, 0.25) is 0 Å². The molecule has 0 atom stereocenters. The van der Waals surface area contributed by atoms with Crippen LogP contribution in [0.15, 0.2) is 18.3 Å². The Labute approximate surface area is 90.3 Å². The second-order valence-electron chi connectivity index (χ2n) is 3.51. The first-order chi connectivity index (χ1) is 7.15. The molecule has 0 spiro atoms. The second-order valence-corrected chi connectivity index (χ2v) is 3.51. The van der Waals surface area contributed by atoms with E-state index in [9.17, 15) is 4.79 Å². The normalized spacial score (nSPS) is 9.80. The van der Waals surface area contributed by atoms with Crippen LogP contribution in [0, 0.1) is 0 Å². The molecule has 1 heterocycles. The van der Waals surface area contributed by atoms with E-state index in [-0.39, 0.29) is 5.91 Å². The van der Waals surface area contributed by atoms with Crippen molar-refractivity contribution >= 4 is 11.7 Å². The van der Waals surface area contributed by atoms with E-state index in [0.717, 1.165) is 11.4 Å². The number of pyridine rings is 1. The van der Waals surface area contributed by atoms with Gasteiger partial charge in [-0.05, 0) is 6.07 Å². The van der Waals surface area contributed by atoms with Crippen LogP contribution < -0.4 is 10.2 Å². The molecule has 0 saturated heterocycles. The van der Waals surface area contributed by atoms with Crippen LogP contribution in [0.5, 0.6) is 0 Å². The fraction of sp³-hybridized carbons (Fsp3) is 0.455. The average Bonchev–Trinajstić information content (AvgIpc) is 2.26. The van der Waals surface area contributed by atoms with Gasteiger partial charge in [-0.15, -0.1) is 0 Å². The SMILES string of the molecule is CCC(=O)NCc1cccnc1N(C)C. The summed E-state index contributed by atoms with van der Waals surface area (Å²) in [4.78, 5) is 17.3. The van der Waals surface area contributed by atoms with Crippen molar-refractivity contribution in [3.8, 4) is 0 Å². The number of hydrogen-bond acceptors (Lipinski definition) is 3. The topological polar surface area (TPSA) is 45.2 Å². The molecule has 1 amide bonds. The number of hydrogen-bond donors (Lipinski definition) is 1. The van der Waals surface area contributed by atoms with Gasteiger partial charge < -0.3 is 10.2 Å². The fourth-order valence-electron chi connectivity index (χ4n) is 1.29. The summed E-state index contributed by atoms with van der Waals surface area (Å²) in [7, 11) is 3.88. The minimum atomic E-state index is 0.0589. The van der Waals surface area contributed by atoms with Crippen molar-refractivity contribution in [2.75, 3.05) is 19.0 Å². The predicted molar refractivity (Wildman–Crippen MR) is 60.7 cm³/mol. The Kier molecular flexibility index (Phi) is 4.09. The maximum absolute atomic E-state index is 11.1.